The molecule has 0 amide bonds. The Morgan fingerprint density at radius 3 is 2.59 bits per heavy atom. The monoisotopic (exact) mass is 297 g/mol. The Morgan fingerprint density at radius 2 is 1.95 bits per heavy atom. The first kappa shape index (κ1) is 14.2. The Kier molecular flexibility index (Phi) is 3.07. The fraction of sp³-hybridized carbons (Fsp3) is 0.526. The number of piperidine rings is 1. The van der Waals surface area contributed by atoms with Gasteiger partial charge in [0.25, 0.3) is 0 Å². The van der Waals surface area contributed by atoms with Crippen molar-refractivity contribution in [2.75, 3.05) is 6.54 Å². The van der Waals surface area contributed by atoms with Crippen LogP contribution in [0.4, 0.5) is 0 Å². The molecule has 4 rings (SSSR count). The third-order valence-electron chi connectivity index (χ3n) is 6.08. The molecule has 0 saturated carbocycles. The van der Waals surface area contributed by atoms with Gasteiger partial charge in [0.05, 0.1) is 6.10 Å². The van der Waals surface area contributed by atoms with Crippen molar-refractivity contribution in [1.29, 1.82) is 0 Å². The number of carbonyl (C=O) groups is 1. The predicted molar refractivity (Wildman–Crippen MR) is 85.6 cm³/mol. The van der Waals surface area contributed by atoms with Crippen LogP contribution in [0, 0.1) is 18.8 Å². The molecule has 1 N–H and O–H groups in total. The molecule has 1 aromatic rings. The highest BCUT2D eigenvalue weighted by Crippen LogP contribution is 2.55. The van der Waals surface area contributed by atoms with E-state index in [9.17, 15) is 9.90 Å². The van der Waals surface area contributed by atoms with E-state index >= 15 is 0 Å². The third-order valence-corrected chi connectivity index (χ3v) is 6.08. The average Bonchev–Trinajstić information content (AvgIpc) is 2.90. The summed E-state index contributed by atoms with van der Waals surface area (Å²) >= 11 is 0. The highest BCUT2D eigenvalue weighted by Gasteiger charge is 2.61. The van der Waals surface area contributed by atoms with E-state index in [0.29, 0.717) is 0 Å². The summed E-state index contributed by atoms with van der Waals surface area (Å²) in [5.41, 5.74) is 3.60. The lowest BCUT2D eigenvalue weighted by molar-refractivity contribution is -0.121. The quantitative estimate of drug-likeness (QED) is 0.852. The van der Waals surface area contributed by atoms with Crippen LogP contribution >= 0.6 is 0 Å². The molecule has 0 radical (unpaired) electrons. The highest BCUT2D eigenvalue weighted by molar-refractivity contribution is 5.80. The van der Waals surface area contributed by atoms with Crippen LogP contribution in [-0.4, -0.2) is 40.5 Å². The molecule has 3 aliphatic rings. The zero-order valence-corrected chi connectivity index (χ0v) is 13.2. The molecule has 116 valence electrons. The largest absolute Gasteiger partial charge is 0.391 e. The average molecular weight is 297 g/mol. The van der Waals surface area contributed by atoms with Crippen molar-refractivity contribution in [1.82, 2.24) is 4.90 Å². The predicted octanol–water partition coefficient (Wildman–Crippen LogP) is 2.29. The molecule has 3 aliphatic heterocycles. The number of ketones is 1. The summed E-state index contributed by atoms with van der Waals surface area (Å²) in [5, 5.41) is 11.0. The molecule has 3 heterocycles. The third kappa shape index (κ3) is 1.79. The Labute approximate surface area is 131 Å². The van der Waals surface area contributed by atoms with Crippen LogP contribution in [0.1, 0.15) is 30.4 Å². The Balaban J connectivity index is 1.79. The van der Waals surface area contributed by atoms with Gasteiger partial charge in [-0.3, -0.25) is 9.69 Å². The molecular weight excluding hydrogens is 274 g/mol. The van der Waals surface area contributed by atoms with Gasteiger partial charge in [-0.05, 0) is 25.8 Å². The summed E-state index contributed by atoms with van der Waals surface area (Å²) in [6, 6.07) is 8.82. The number of carbonyl (C=O) groups excluding carboxylic acids is 1. The molecule has 3 nitrogen and oxygen atoms in total. The van der Waals surface area contributed by atoms with Gasteiger partial charge in [0.15, 0.2) is 0 Å². The maximum Gasteiger partial charge on any atom is 0.134 e. The molecule has 4 bridgehead atoms. The van der Waals surface area contributed by atoms with Gasteiger partial charge in [-0.15, -0.1) is 0 Å². The van der Waals surface area contributed by atoms with Crippen molar-refractivity contribution in [3.05, 3.63) is 47.5 Å². The molecule has 0 spiro atoms. The molecule has 3 saturated heterocycles. The first-order valence-corrected chi connectivity index (χ1v) is 8.17. The van der Waals surface area contributed by atoms with Gasteiger partial charge >= 0.3 is 0 Å². The van der Waals surface area contributed by atoms with Crippen LogP contribution in [-0.2, 0) is 4.79 Å². The smallest absolute Gasteiger partial charge is 0.134 e. The molecule has 22 heavy (non-hydrogen) atoms. The first-order chi connectivity index (χ1) is 10.5. The van der Waals surface area contributed by atoms with Crippen molar-refractivity contribution in [3.63, 3.8) is 0 Å². The molecule has 3 heteroatoms. The van der Waals surface area contributed by atoms with Gasteiger partial charge in [-0.1, -0.05) is 42.0 Å². The van der Waals surface area contributed by atoms with Gasteiger partial charge in [-0.25, -0.2) is 0 Å². The lowest BCUT2D eigenvalue weighted by Gasteiger charge is -2.41. The van der Waals surface area contributed by atoms with Gasteiger partial charge in [-0.2, -0.15) is 0 Å². The maximum atomic E-state index is 12.1. The Morgan fingerprint density at radius 1 is 1.27 bits per heavy atom. The number of rotatable bonds is 2. The Hall–Kier alpha value is -1.45. The molecule has 7 atom stereocenters. The van der Waals surface area contributed by atoms with Crippen LogP contribution < -0.4 is 0 Å². The molecule has 1 aromatic carbocycles. The summed E-state index contributed by atoms with van der Waals surface area (Å²) in [6.07, 6.45) is 0.389. The van der Waals surface area contributed by atoms with Gasteiger partial charge in [0.1, 0.15) is 5.78 Å². The van der Waals surface area contributed by atoms with E-state index in [0.717, 1.165) is 13.0 Å². The van der Waals surface area contributed by atoms with E-state index in [1.807, 2.05) is 0 Å². The van der Waals surface area contributed by atoms with E-state index in [4.69, 9.17) is 0 Å². The first-order valence-electron chi connectivity index (χ1n) is 8.17. The molecule has 0 aromatic heterocycles. The number of benzene rings is 1. The van der Waals surface area contributed by atoms with Crippen LogP contribution in [0.2, 0.25) is 0 Å². The summed E-state index contributed by atoms with van der Waals surface area (Å²) < 4.78 is 0. The summed E-state index contributed by atoms with van der Waals surface area (Å²) in [6.45, 7) is 8.88. The van der Waals surface area contributed by atoms with Crippen molar-refractivity contribution in [2.45, 2.75) is 44.4 Å². The second-order valence-corrected chi connectivity index (χ2v) is 7.29. The van der Waals surface area contributed by atoms with Gasteiger partial charge in [0.2, 0.25) is 0 Å². The fourth-order valence-corrected chi connectivity index (χ4v) is 5.10. The van der Waals surface area contributed by atoms with Gasteiger partial charge < -0.3 is 5.11 Å². The summed E-state index contributed by atoms with van der Waals surface area (Å²) in [7, 11) is 0. The van der Waals surface area contributed by atoms with Crippen molar-refractivity contribution >= 4 is 5.78 Å². The van der Waals surface area contributed by atoms with Crippen LogP contribution in [0.3, 0.4) is 0 Å². The van der Waals surface area contributed by atoms with Gasteiger partial charge in [0, 0.05) is 36.4 Å². The Bertz CT molecular complexity index is 635. The van der Waals surface area contributed by atoms with Crippen molar-refractivity contribution in [3.8, 4) is 0 Å². The topological polar surface area (TPSA) is 40.5 Å². The second-order valence-electron chi connectivity index (χ2n) is 7.29. The van der Waals surface area contributed by atoms with E-state index < -0.39 is 6.10 Å². The van der Waals surface area contributed by atoms with E-state index in [2.05, 4.69) is 42.7 Å². The number of hydrogen-bond donors (Lipinski definition) is 1. The number of nitrogens with zero attached hydrogens (tertiary/aromatic N) is 1. The summed E-state index contributed by atoms with van der Waals surface area (Å²) in [5.74, 6) is 0.588. The number of aryl methyl sites for hydroxylation is 1. The molecule has 0 aliphatic carbocycles. The lowest BCUT2D eigenvalue weighted by atomic mass is 9.73. The van der Waals surface area contributed by atoms with Crippen LogP contribution in [0.15, 0.2) is 36.4 Å². The van der Waals surface area contributed by atoms with Crippen molar-refractivity contribution < 1.29 is 9.90 Å². The summed E-state index contributed by atoms with van der Waals surface area (Å²) in [4.78, 5) is 14.4. The number of Topliss-reactive ketones (excluding diaryl/α,β-unsaturated/α-hetero) is 1. The SMILES string of the molecule is C=C1CN2C3CC(C(C)=O)C2C1C(c1ccc(C)cc1)C3O. The highest BCUT2D eigenvalue weighted by atomic mass is 16.3. The number of aliphatic hydroxyl groups excluding tert-OH is 1. The van der Waals surface area contributed by atoms with Crippen LogP contribution in [0.25, 0.3) is 0 Å². The minimum atomic E-state index is -0.410. The standard InChI is InChI=1S/C19H23NO2/c1-10-4-6-13(7-5-10)17-16-11(2)9-20-15(19(17)22)8-14(12(3)21)18(16)20/h4-7,14-19,22H,2,8-9H2,1,3H3. The zero-order chi connectivity index (χ0) is 15.6. The molecular formula is C19H23NO2. The van der Waals surface area contributed by atoms with E-state index in [-0.39, 0.29) is 35.6 Å². The zero-order valence-electron chi connectivity index (χ0n) is 13.2. The van der Waals surface area contributed by atoms with E-state index in [1.54, 1.807) is 6.92 Å². The fourth-order valence-electron chi connectivity index (χ4n) is 5.10. The molecule has 3 fully saturated rings. The van der Waals surface area contributed by atoms with E-state index in [1.165, 1.54) is 16.7 Å². The van der Waals surface area contributed by atoms with Crippen molar-refractivity contribution in [2.24, 2.45) is 11.8 Å². The molecule has 7 unspecified atom stereocenters. The minimum absolute atomic E-state index is 0.0550. The lowest BCUT2D eigenvalue weighted by Crippen LogP contribution is -2.51. The van der Waals surface area contributed by atoms with Crippen LogP contribution in [0.5, 0.6) is 0 Å². The number of aliphatic hydroxyl groups is 1. The second kappa shape index (κ2) is 4.77. The normalized spacial score (nSPS) is 42.7. The minimum Gasteiger partial charge on any atom is -0.391 e. The number of hydrogen-bond acceptors (Lipinski definition) is 3. The maximum absolute atomic E-state index is 12.1.